The third-order valence-corrected chi connectivity index (χ3v) is 3.00. The second-order valence-electron chi connectivity index (χ2n) is 4.14. The zero-order valence-corrected chi connectivity index (χ0v) is 10.6. The minimum absolute atomic E-state index is 0.442. The van der Waals surface area contributed by atoms with Crippen molar-refractivity contribution in [2.75, 3.05) is 11.4 Å². The van der Waals surface area contributed by atoms with Crippen molar-refractivity contribution in [3.05, 3.63) is 23.9 Å². The van der Waals surface area contributed by atoms with E-state index in [2.05, 4.69) is 30.7 Å². The Bertz CT molecular complexity index is 325. The van der Waals surface area contributed by atoms with Crippen LogP contribution in [0, 0.1) is 0 Å². The molecule has 0 amide bonds. The first-order valence-corrected chi connectivity index (χ1v) is 6.01. The smallest absolute Gasteiger partial charge is 0.134 e. The highest BCUT2D eigenvalue weighted by molar-refractivity contribution is 5.48. The van der Waals surface area contributed by atoms with Crippen LogP contribution >= 0.6 is 0 Å². The van der Waals surface area contributed by atoms with Crippen LogP contribution in [0.4, 0.5) is 5.82 Å². The van der Waals surface area contributed by atoms with Crippen LogP contribution in [-0.4, -0.2) is 22.7 Å². The van der Waals surface area contributed by atoms with E-state index in [0.29, 0.717) is 6.04 Å². The lowest BCUT2D eigenvalue weighted by Gasteiger charge is -2.30. The maximum atomic E-state index is 9.74. The molecule has 1 unspecified atom stereocenters. The molecule has 0 saturated carbocycles. The van der Waals surface area contributed by atoms with E-state index in [-0.39, 0.29) is 0 Å². The molecule has 1 N–H and O–H groups in total. The molecule has 0 radical (unpaired) electrons. The molecule has 16 heavy (non-hydrogen) atoms. The Kier molecular flexibility index (Phi) is 4.74. The van der Waals surface area contributed by atoms with Gasteiger partial charge in [-0.1, -0.05) is 13.0 Å². The van der Waals surface area contributed by atoms with Gasteiger partial charge in [-0.3, -0.25) is 0 Å². The minimum Gasteiger partial charge on any atom is -0.389 e. The maximum absolute atomic E-state index is 9.74. The van der Waals surface area contributed by atoms with E-state index in [0.717, 1.165) is 24.3 Å². The van der Waals surface area contributed by atoms with E-state index < -0.39 is 6.10 Å². The molecule has 0 bridgehead atoms. The first-order valence-electron chi connectivity index (χ1n) is 6.01. The third kappa shape index (κ3) is 2.73. The number of hydrogen-bond acceptors (Lipinski definition) is 3. The molecule has 1 aromatic heterocycles. The predicted octanol–water partition coefficient (Wildman–Crippen LogP) is 2.76. The van der Waals surface area contributed by atoms with Crippen LogP contribution in [0.1, 0.15) is 45.8 Å². The number of aromatic nitrogens is 1. The molecule has 0 aliphatic rings. The van der Waals surface area contributed by atoms with Gasteiger partial charge in [0, 0.05) is 24.3 Å². The highest BCUT2D eigenvalue weighted by Gasteiger charge is 2.17. The van der Waals surface area contributed by atoms with E-state index in [1.165, 1.54) is 0 Å². The topological polar surface area (TPSA) is 36.4 Å². The zero-order valence-electron chi connectivity index (χ0n) is 10.6. The van der Waals surface area contributed by atoms with Crippen LogP contribution in [0.25, 0.3) is 0 Å². The van der Waals surface area contributed by atoms with Crippen molar-refractivity contribution >= 4 is 5.82 Å². The summed E-state index contributed by atoms with van der Waals surface area (Å²) < 4.78 is 0. The fourth-order valence-corrected chi connectivity index (χ4v) is 1.87. The molecular formula is C13H22N2O. The summed E-state index contributed by atoms with van der Waals surface area (Å²) in [7, 11) is 0. The second-order valence-corrected chi connectivity index (χ2v) is 4.14. The molecule has 1 heterocycles. The standard InChI is InChI=1S/C13H22N2O/c1-5-10(3)15(6-2)13-12(11(4)16)8-7-9-14-13/h7-11,16H,5-6H2,1-4H3/t10?,11-/m0/s1. The van der Waals surface area contributed by atoms with Crippen LogP contribution in [0.15, 0.2) is 18.3 Å². The number of nitrogens with zero attached hydrogens (tertiary/aromatic N) is 2. The fraction of sp³-hybridized carbons (Fsp3) is 0.615. The predicted molar refractivity (Wildman–Crippen MR) is 67.6 cm³/mol. The normalized spacial score (nSPS) is 14.6. The molecule has 3 nitrogen and oxygen atoms in total. The quantitative estimate of drug-likeness (QED) is 0.832. The number of rotatable bonds is 5. The molecule has 0 saturated heterocycles. The number of anilines is 1. The molecule has 0 spiro atoms. The fourth-order valence-electron chi connectivity index (χ4n) is 1.87. The molecule has 0 fully saturated rings. The van der Waals surface area contributed by atoms with Crippen molar-refractivity contribution in [3.63, 3.8) is 0 Å². The van der Waals surface area contributed by atoms with Gasteiger partial charge in [-0.05, 0) is 33.3 Å². The van der Waals surface area contributed by atoms with Crippen molar-refractivity contribution in [2.24, 2.45) is 0 Å². The zero-order chi connectivity index (χ0) is 12.1. The van der Waals surface area contributed by atoms with Gasteiger partial charge in [-0.15, -0.1) is 0 Å². The average Bonchev–Trinajstić information content (AvgIpc) is 2.30. The lowest BCUT2D eigenvalue weighted by molar-refractivity contribution is 0.199. The van der Waals surface area contributed by atoms with Crippen LogP contribution in [0.2, 0.25) is 0 Å². The van der Waals surface area contributed by atoms with Gasteiger partial charge in [-0.25, -0.2) is 4.98 Å². The Morgan fingerprint density at radius 1 is 1.38 bits per heavy atom. The van der Waals surface area contributed by atoms with Gasteiger partial charge in [0.1, 0.15) is 5.82 Å². The second kappa shape index (κ2) is 5.85. The maximum Gasteiger partial charge on any atom is 0.134 e. The first kappa shape index (κ1) is 13.0. The molecule has 3 heteroatoms. The molecule has 0 aliphatic carbocycles. The molecular weight excluding hydrogens is 200 g/mol. The van der Waals surface area contributed by atoms with Crippen molar-refractivity contribution in [1.29, 1.82) is 0 Å². The molecule has 2 atom stereocenters. The average molecular weight is 222 g/mol. The summed E-state index contributed by atoms with van der Waals surface area (Å²) in [5, 5.41) is 9.74. The van der Waals surface area contributed by atoms with Crippen LogP contribution in [0.5, 0.6) is 0 Å². The summed E-state index contributed by atoms with van der Waals surface area (Å²) >= 11 is 0. The Hall–Kier alpha value is -1.09. The highest BCUT2D eigenvalue weighted by atomic mass is 16.3. The van der Waals surface area contributed by atoms with Gasteiger partial charge < -0.3 is 10.0 Å². The summed E-state index contributed by atoms with van der Waals surface area (Å²) in [6.07, 6.45) is 2.39. The van der Waals surface area contributed by atoms with Gasteiger partial charge >= 0.3 is 0 Å². The van der Waals surface area contributed by atoms with E-state index >= 15 is 0 Å². The SMILES string of the molecule is CCC(C)N(CC)c1ncccc1[C@H](C)O. The molecule has 0 aromatic carbocycles. The van der Waals surface area contributed by atoms with Crippen molar-refractivity contribution in [3.8, 4) is 0 Å². The third-order valence-electron chi connectivity index (χ3n) is 3.00. The van der Waals surface area contributed by atoms with Gasteiger partial charge in [-0.2, -0.15) is 0 Å². The van der Waals surface area contributed by atoms with Gasteiger partial charge in [0.25, 0.3) is 0 Å². The summed E-state index contributed by atoms with van der Waals surface area (Å²) in [6.45, 7) is 9.16. The van der Waals surface area contributed by atoms with Crippen LogP contribution < -0.4 is 4.90 Å². The van der Waals surface area contributed by atoms with Gasteiger partial charge in [0.2, 0.25) is 0 Å². The van der Waals surface area contributed by atoms with Gasteiger partial charge in [0.05, 0.1) is 6.10 Å². The Morgan fingerprint density at radius 3 is 2.56 bits per heavy atom. The lowest BCUT2D eigenvalue weighted by Crippen LogP contribution is -2.34. The molecule has 0 aliphatic heterocycles. The summed E-state index contributed by atoms with van der Waals surface area (Å²) in [5.41, 5.74) is 0.907. The number of pyridine rings is 1. The van der Waals surface area contributed by atoms with E-state index in [4.69, 9.17) is 0 Å². The van der Waals surface area contributed by atoms with E-state index in [1.54, 1.807) is 13.1 Å². The van der Waals surface area contributed by atoms with Gasteiger partial charge in [0.15, 0.2) is 0 Å². The molecule has 90 valence electrons. The highest BCUT2D eigenvalue weighted by Crippen LogP contribution is 2.25. The summed E-state index contributed by atoms with van der Waals surface area (Å²) in [4.78, 5) is 6.64. The summed E-state index contributed by atoms with van der Waals surface area (Å²) in [6, 6.07) is 4.26. The number of hydrogen-bond donors (Lipinski definition) is 1. The minimum atomic E-state index is -0.471. The first-order chi connectivity index (χ1) is 7.61. The number of aliphatic hydroxyl groups excluding tert-OH is 1. The molecule has 1 rings (SSSR count). The molecule has 1 aromatic rings. The monoisotopic (exact) mass is 222 g/mol. The summed E-state index contributed by atoms with van der Waals surface area (Å²) in [5.74, 6) is 0.911. The van der Waals surface area contributed by atoms with Crippen molar-refractivity contribution < 1.29 is 5.11 Å². The van der Waals surface area contributed by atoms with Crippen molar-refractivity contribution in [1.82, 2.24) is 4.98 Å². The lowest BCUT2D eigenvalue weighted by atomic mass is 10.1. The van der Waals surface area contributed by atoms with E-state index in [9.17, 15) is 5.11 Å². The Labute approximate surface area is 98.1 Å². The van der Waals surface area contributed by atoms with Crippen LogP contribution in [-0.2, 0) is 0 Å². The Morgan fingerprint density at radius 2 is 2.06 bits per heavy atom. The van der Waals surface area contributed by atoms with Crippen LogP contribution in [0.3, 0.4) is 0 Å². The van der Waals surface area contributed by atoms with E-state index in [1.807, 2.05) is 12.1 Å². The van der Waals surface area contributed by atoms with Crippen molar-refractivity contribution in [2.45, 2.75) is 46.3 Å². The Balaban J connectivity index is 3.09. The number of aliphatic hydroxyl groups is 1. The largest absolute Gasteiger partial charge is 0.389 e.